The van der Waals surface area contributed by atoms with Gasteiger partial charge in [-0.15, -0.1) is 0 Å². The van der Waals surface area contributed by atoms with Crippen molar-refractivity contribution < 1.29 is 5.21 Å². The maximum atomic E-state index is 9.55. The summed E-state index contributed by atoms with van der Waals surface area (Å²) >= 11 is 0. The second-order valence-corrected chi connectivity index (χ2v) is 4.93. The van der Waals surface area contributed by atoms with Crippen LogP contribution >= 0.6 is 0 Å². The molecular formula is C9H17NO. The number of hydrogen-bond donors (Lipinski definition) is 1. The van der Waals surface area contributed by atoms with Gasteiger partial charge in [0.05, 0.1) is 0 Å². The smallest absolute Gasteiger partial charge is 0.0407 e. The van der Waals surface area contributed by atoms with Crippen LogP contribution in [-0.2, 0) is 0 Å². The van der Waals surface area contributed by atoms with Gasteiger partial charge >= 0.3 is 0 Å². The average Bonchev–Trinajstić information content (AvgIpc) is 2.13. The van der Waals surface area contributed by atoms with Crippen LogP contribution < -0.4 is 0 Å². The zero-order chi connectivity index (χ0) is 8.28. The molecule has 1 aliphatic carbocycles. The topological polar surface area (TPSA) is 23.5 Å². The van der Waals surface area contributed by atoms with E-state index in [1.54, 1.807) is 5.06 Å². The zero-order valence-electron chi connectivity index (χ0n) is 7.59. The van der Waals surface area contributed by atoms with Crippen LogP contribution in [-0.4, -0.2) is 22.9 Å². The Morgan fingerprint density at radius 2 is 2.00 bits per heavy atom. The fourth-order valence-electron chi connectivity index (χ4n) is 2.81. The highest BCUT2D eigenvalue weighted by molar-refractivity contribution is 5.09. The standard InChI is InChI=1S/C9H17NO/c1-8(2)7-4-5-9(8,3)6-10(7)11/h7,11H,4-6H2,1-3H3. The minimum atomic E-state index is 0.307. The first kappa shape index (κ1) is 7.56. The van der Waals surface area contributed by atoms with Gasteiger partial charge in [0.1, 0.15) is 0 Å². The van der Waals surface area contributed by atoms with Gasteiger partial charge in [0.25, 0.3) is 0 Å². The fourth-order valence-corrected chi connectivity index (χ4v) is 2.81. The molecule has 2 heteroatoms. The fraction of sp³-hybridized carbons (Fsp3) is 1.00. The van der Waals surface area contributed by atoms with Crippen molar-refractivity contribution in [2.75, 3.05) is 6.54 Å². The van der Waals surface area contributed by atoms with Gasteiger partial charge in [-0.25, -0.2) is 0 Å². The Hall–Kier alpha value is -0.0800. The van der Waals surface area contributed by atoms with Gasteiger partial charge in [0, 0.05) is 12.6 Å². The molecule has 64 valence electrons. The van der Waals surface area contributed by atoms with E-state index in [0.29, 0.717) is 16.9 Å². The summed E-state index contributed by atoms with van der Waals surface area (Å²) in [6, 6.07) is 0.410. The lowest BCUT2D eigenvalue weighted by Crippen LogP contribution is -2.32. The van der Waals surface area contributed by atoms with Gasteiger partial charge < -0.3 is 5.21 Å². The summed E-state index contributed by atoms with van der Waals surface area (Å²) in [6.07, 6.45) is 2.45. The Labute approximate surface area is 68.2 Å². The Morgan fingerprint density at radius 1 is 1.36 bits per heavy atom. The van der Waals surface area contributed by atoms with Crippen molar-refractivity contribution in [1.29, 1.82) is 0 Å². The molecule has 2 aliphatic rings. The van der Waals surface area contributed by atoms with Gasteiger partial charge in [0.2, 0.25) is 0 Å². The molecule has 2 atom stereocenters. The Bertz CT molecular complexity index is 187. The first-order chi connectivity index (χ1) is 4.97. The number of hydrogen-bond acceptors (Lipinski definition) is 2. The highest BCUT2D eigenvalue weighted by Gasteiger charge is 2.59. The van der Waals surface area contributed by atoms with Crippen LogP contribution in [0, 0.1) is 10.8 Å². The van der Waals surface area contributed by atoms with Gasteiger partial charge in [-0.05, 0) is 23.7 Å². The van der Waals surface area contributed by atoms with E-state index < -0.39 is 0 Å². The Kier molecular flexibility index (Phi) is 1.24. The third-order valence-corrected chi connectivity index (χ3v) is 4.23. The van der Waals surface area contributed by atoms with E-state index in [9.17, 15) is 5.21 Å². The minimum Gasteiger partial charge on any atom is -0.314 e. The number of nitrogens with zero attached hydrogens (tertiary/aromatic N) is 1. The molecule has 0 radical (unpaired) electrons. The Morgan fingerprint density at radius 3 is 2.18 bits per heavy atom. The predicted molar refractivity (Wildman–Crippen MR) is 43.4 cm³/mol. The molecule has 0 aromatic heterocycles. The van der Waals surface area contributed by atoms with Crippen molar-refractivity contribution in [2.24, 2.45) is 10.8 Å². The van der Waals surface area contributed by atoms with Crippen molar-refractivity contribution >= 4 is 0 Å². The SMILES string of the molecule is CC12CCC(N(O)C1)C2(C)C. The summed E-state index contributed by atoms with van der Waals surface area (Å²) in [5, 5.41) is 11.1. The first-order valence-electron chi connectivity index (χ1n) is 4.43. The molecule has 1 N–H and O–H groups in total. The van der Waals surface area contributed by atoms with E-state index in [2.05, 4.69) is 20.8 Å². The summed E-state index contributed by atoms with van der Waals surface area (Å²) in [5.74, 6) is 0. The molecule has 2 unspecified atom stereocenters. The third-order valence-electron chi connectivity index (χ3n) is 4.23. The van der Waals surface area contributed by atoms with E-state index in [1.807, 2.05) is 0 Å². The number of hydroxylamine groups is 2. The summed E-state index contributed by atoms with van der Waals surface area (Å²) in [5.41, 5.74) is 0.661. The second-order valence-electron chi connectivity index (χ2n) is 4.93. The number of fused-ring (bicyclic) bond motifs is 2. The summed E-state index contributed by atoms with van der Waals surface area (Å²) in [7, 11) is 0. The summed E-state index contributed by atoms with van der Waals surface area (Å²) in [4.78, 5) is 0. The number of rotatable bonds is 0. The van der Waals surface area contributed by atoms with Gasteiger partial charge in [-0.2, -0.15) is 5.06 Å². The highest BCUT2D eigenvalue weighted by atomic mass is 16.5. The van der Waals surface area contributed by atoms with Crippen molar-refractivity contribution in [2.45, 2.75) is 39.7 Å². The molecule has 2 rings (SSSR count). The van der Waals surface area contributed by atoms with Crippen molar-refractivity contribution in [3.63, 3.8) is 0 Å². The van der Waals surface area contributed by atoms with Crippen molar-refractivity contribution in [3.8, 4) is 0 Å². The average molecular weight is 155 g/mol. The van der Waals surface area contributed by atoms with E-state index in [1.165, 1.54) is 12.8 Å². The lowest BCUT2D eigenvalue weighted by Gasteiger charge is -2.32. The monoisotopic (exact) mass is 155 g/mol. The van der Waals surface area contributed by atoms with E-state index in [0.717, 1.165) is 6.54 Å². The van der Waals surface area contributed by atoms with Crippen LogP contribution in [0.1, 0.15) is 33.6 Å². The van der Waals surface area contributed by atoms with E-state index >= 15 is 0 Å². The molecule has 1 heterocycles. The normalized spacial score (nSPS) is 48.5. The summed E-state index contributed by atoms with van der Waals surface area (Å²) < 4.78 is 0. The molecule has 1 saturated carbocycles. The molecule has 11 heavy (non-hydrogen) atoms. The van der Waals surface area contributed by atoms with E-state index in [-0.39, 0.29) is 0 Å². The molecule has 2 bridgehead atoms. The molecule has 2 nitrogen and oxygen atoms in total. The molecular weight excluding hydrogens is 138 g/mol. The first-order valence-corrected chi connectivity index (χ1v) is 4.43. The van der Waals surface area contributed by atoms with Crippen molar-refractivity contribution in [3.05, 3.63) is 0 Å². The molecule has 1 aliphatic heterocycles. The molecule has 2 fully saturated rings. The lowest BCUT2D eigenvalue weighted by atomic mass is 9.71. The molecule has 0 amide bonds. The van der Waals surface area contributed by atoms with Crippen LogP contribution in [0.15, 0.2) is 0 Å². The molecule has 0 spiro atoms. The summed E-state index contributed by atoms with van der Waals surface area (Å²) in [6.45, 7) is 7.72. The van der Waals surface area contributed by atoms with Crippen LogP contribution in [0.4, 0.5) is 0 Å². The van der Waals surface area contributed by atoms with E-state index in [4.69, 9.17) is 0 Å². The zero-order valence-corrected chi connectivity index (χ0v) is 7.59. The molecule has 0 aromatic rings. The van der Waals surface area contributed by atoms with Crippen LogP contribution in [0.2, 0.25) is 0 Å². The largest absolute Gasteiger partial charge is 0.314 e. The van der Waals surface area contributed by atoms with Gasteiger partial charge in [-0.3, -0.25) is 0 Å². The molecule has 0 aromatic carbocycles. The maximum absolute atomic E-state index is 9.55. The van der Waals surface area contributed by atoms with Gasteiger partial charge in [0.15, 0.2) is 0 Å². The molecule has 1 saturated heterocycles. The highest BCUT2D eigenvalue weighted by Crippen LogP contribution is 2.59. The van der Waals surface area contributed by atoms with Crippen LogP contribution in [0.3, 0.4) is 0 Å². The predicted octanol–water partition coefficient (Wildman–Crippen LogP) is 1.89. The quantitative estimate of drug-likeness (QED) is 0.577. The second kappa shape index (κ2) is 1.80. The van der Waals surface area contributed by atoms with Crippen LogP contribution in [0.25, 0.3) is 0 Å². The lowest BCUT2D eigenvalue weighted by molar-refractivity contribution is -0.125. The third kappa shape index (κ3) is 0.695. The minimum absolute atomic E-state index is 0.307. The van der Waals surface area contributed by atoms with Crippen molar-refractivity contribution in [1.82, 2.24) is 5.06 Å². The number of piperidine rings is 1. The Balaban J connectivity index is 2.37. The maximum Gasteiger partial charge on any atom is 0.0407 e. The van der Waals surface area contributed by atoms with Gasteiger partial charge in [-0.1, -0.05) is 20.8 Å². The van der Waals surface area contributed by atoms with Crippen LogP contribution in [0.5, 0.6) is 0 Å².